The highest BCUT2D eigenvalue weighted by Crippen LogP contribution is 2.30. The Morgan fingerprint density at radius 1 is 1.25 bits per heavy atom. The predicted octanol–water partition coefficient (Wildman–Crippen LogP) is 1.96. The SMILES string of the molecule is COc1ccc2c(c1)OCC(CNS(=O)(=O)N1CCCCCC1)C2. The Kier molecular flexibility index (Phi) is 5.63. The average molecular weight is 354 g/mol. The van der Waals surface area contributed by atoms with E-state index in [9.17, 15) is 8.42 Å². The standard InChI is InChI=1S/C17H26N2O4S/c1-22-16-7-6-15-10-14(13-23-17(15)11-16)12-18-24(20,21)19-8-4-2-3-5-9-19/h6-7,11,14,18H,2-5,8-10,12-13H2,1H3. The molecule has 7 heteroatoms. The molecule has 0 aromatic heterocycles. The van der Waals surface area contributed by atoms with Crippen molar-refractivity contribution in [3.8, 4) is 11.5 Å². The summed E-state index contributed by atoms with van der Waals surface area (Å²) >= 11 is 0. The zero-order valence-electron chi connectivity index (χ0n) is 14.2. The number of methoxy groups -OCH3 is 1. The van der Waals surface area contributed by atoms with E-state index in [1.807, 2.05) is 18.2 Å². The van der Waals surface area contributed by atoms with Crippen molar-refractivity contribution in [1.82, 2.24) is 9.03 Å². The zero-order chi connectivity index (χ0) is 17.0. The lowest BCUT2D eigenvalue weighted by molar-refractivity contribution is 0.221. The Balaban J connectivity index is 1.57. The number of hydrogen-bond donors (Lipinski definition) is 1. The molecule has 1 atom stereocenters. The number of rotatable bonds is 5. The molecule has 0 amide bonds. The van der Waals surface area contributed by atoms with E-state index in [4.69, 9.17) is 9.47 Å². The topological polar surface area (TPSA) is 67.9 Å². The fourth-order valence-electron chi connectivity index (χ4n) is 3.27. The van der Waals surface area contributed by atoms with Crippen LogP contribution in [0.2, 0.25) is 0 Å². The van der Waals surface area contributed by atoms with Crippen molar-refractivity contribution >= 4 is 10.2 Å². The molecule has 2 aliphatic rings. The lowest BCUT2D eigenvalue weighted by Crippen LogP contribution is -2.44. The van der Waals surface area contributed by atoms with Gasteiger partial charge in [0.2, 0.25) is 0 Å². The molecule has 1 fully saturated rings. The van der Waals surface area contributed by atoms with Gasteiger partial charge < -0.3 is 9.47 Å². The number of nitrogens with one attached hydrogen (secondary N) is 1. The summed E-state index contributed by atoms with van der Waals surface area (Å²) in [4.78, 5) is 0. The zero-order valence-corrected chi connectivity index (χ0v) is 15.0. The van der Waals surface area contributed by atoms with Gasteiger partial charge in [0.1, 0.15) is 11.5 Å². The number of benzene rings is 1. The molecule has 0 radical (unpaired) electrons. The molecule has 0 aliphatic carbocycles. The fourth-order valence-corrected chi connectivity index (χ4v) is 4.64. The Labute approximate surface area is 144 Å². The van der Waals surface area contributed by atoms with E-state index < -0.39 is 10.2 Å². The van der Waals surface area contributed by atoms with E-state index in [-0.39, 0.29) is 5.92 Å². The van der Waals surface area contributed by atoms with Gasteiger partial charge in [-0.2, -0.15) is 12.7 Å². The molecule has 2 aliphatic heterocycles. The average Bonchev–Trinajstić information content (AvgIpc) is 2.89. The second kappa shape index (κ2) is 7.72. The summed E-state index contributed by atoms with van der Waals surface area (Å²) in [6.07, 6.45) is 4.93. The Morgan fingerprint density at radius 3 is 2.71 bits per heavy atom. The highest BCUT2D eigenvalue weighted by molar-refractivity contribution is 7.87. The van der Waals surface area contributed by atoms with Crippen LogP contribution in [-0.2, 0) is 16.6 Å². The Morgan fingerprint density at radius 2 is 2.00 bits per heavy atom. The van der Waals surface area contributed by atoms with Gasteiger partial charge in [0.05, 0.1) is 13.7 Å². The van der Waals surface area contributed by atoms with Gasteiger partial charge in [0.15, 0.2) is 0 Å². The lowest BCUT2D eigenvalue weighted by atomic mass is 9.97. The first-order chi connectivity index (χ1) is 11.6. The summed E-state index contributed by atoms with van der Waals surface area (Å²) in [5, 5.41) is 0. The van der Waals surface area contributed by atoms with Crippen molar-refractivity contribution in [3.63, 3.8) is 0 Å². The maximum absolute atomic E-state index is 12.5. The van der Waals surface area contributed by atoms with Crippen LogP contribution in [0.25, 0.3) is 0 Å². The van der Waals surface area contributed by atoms with E-state index in [0.717, 1.165) is 49.2 Å². The monoisotopic (exact) mass is 354 g/mol. The van der Waals surface area contributed by atoms with E-state index >= 15 is 0 Å². The first kappa shape index (κ1) is 17.5. The normalized spacial score (nSPS) is 22.3. The van der Waals surface area contributed by atoms with Crippen LogP contribution in [0.5, 0.6) is 11.5 Å². The van der Waals surface area contributed by atoms with Crippen molar-refractivity contribution in [2.75, 3.05) is 33.4 Å². The highest BCUT2D eigenvalue weighted by atomic mass is 32.2. The summed E-state index contributed by atoms with van der Waals surface area (Å²) in [5.41, 5.74) is 1.10. The molecule has 134 valence electrons. The van der Waals surface area contributed by atoms with Crippen LogP contribution in [0.1, 0.15) is 31.2 Å². The molecule has 1 aromatic rings. The quantitative estimate of drug-likeness (QED) is 0.878. The van der Waals surface area contributed by atoms with Crippen molar-refractivity contribution in [2.24, 2.45) is 5.92 Å². The summed E-state index contributed by atoms with van der Waals surface area (Å²) in [5.74, 6) is 1.75. The van der Waals surface area contributed by atoms with Crippen molar-refractivity contribution < 1.29 is 17.9 Å². The van der Waals surface area contributed by atoms with Crippen LogP contribution in [0, 0.1) is 5.92 Å². The van der Waals surface area contributed by atoms with Crippen molar-refractivity contribution in [3.05, 3.63) is 23.8 Å². The van der Waals surface area contributed by atoms with Crippen LogP contribution in [0.4, 0.5) is 0 Å². The minimum atomic E-state index is -3.39. The molecular weight excluding hydrogens is 328 g/mol. The van der Waals surface area contributed by atoms with Gasteiger partial charge in [-0.15, -0.1) is 0 Å². The second-order valence-corrected chi connectivity index (χ2v) is 8.28. The molecule has 0 bridgehead atoms. The molecular formula is C17H26N2O4S. The number of ether oxygens (including phenoxy) is 2. The van der Waals surface area contributed by atoms with Crippen LogP contribution < -0.4 is 14.2 Å². The van der Waals surface area contributed by atoms with Crippen molar-refractivity contribution in [2.45, 2.75) is 32.1 Å². The lowest BCUT2D eigenvalue weighted by Gasteiger charge is -2.27. The molecule has 3 rings (SSSR count). The number of hydrogen-bond acceptors (Lipinski definition) is 4. The molecule has 6 nitrogen and oxygen atoms in total. The largest absolute Gasteiger partial charge is 0.497 e. The van der Waals surface area contributed by atoms with Gasteiger partial charge in [-0.3, -0.25) is 0 Å². The molecule has 1 saturated heterocycles. The van der Waals surface area contributed by atoms with E-state index in [1.165, 1.54) is 0 Å². The summed E-state index contributed by atoms with van der Waals surface area (Å²) in [6, 6.07) is 5.78. The second-order valence-electron chi connectivity index (χ2n) is 6.52. The smallest absolute Gasteiger partial charge is 0.279 e. The molecule has 1 N–H and O–H groups in total. The van der Waals surface area contributed by atoms with Gasteiger partial charge in [-0.1, -0.05) is 18.9 Å². The first-order valence-corrected chi connectivity index (χ1v) is 10.1. The van der Waals surface area contributed by atoms with Gasteiger partial charge >= 0.3 is 0 Å². The molecule has 0 saturated carbocycles. The first-order valence-electron chi connectivity index (χ1n) is 8.63. The van der Waals surface area contributed by atoms with Crippen LogP contribution in [0.3, 0.4) is 0 Å². The molecule has 2 heterocycles. The highest BCUT2D eigenvalue weighted by Gasteiger charge is 2.26. The van der Waals surface area contributed by atoms with Crippen molar-refractivity contribution in [1.29, 1.82) is 0 Å². The summed E-state index contributed by atoms with van der Waals surface area (Å²) < 4.78 is 40.3. The van der Waals surface area contributed by atoms with Gasteiger partial charge in [0, 0.05) is 31.6 Å². The predicted molar refractivity (Wildman–Crippen MR) is 92.6 cm³/mol. The molecule has 0 spiro atoms. The van der Waals surface area contributed by atoms with Gasteiger partial charge in [-0.05, 0) is 30.9 Å². The molecule has 24 heavy (non-hydrogen) atoms. The number of fused-ring (bicyclic) bond motifs is 1. The van der Waals surface area contributed by atoms with E-state index in [2.05, 4.69) is 4.72 Å². The van der Waals surface area contributed by atoms with Gasteiger partial charge in [0.25, 0.3) is 10.2 Å². The fraction of sp³-hybridized carbons (Fsp3) is 0.647. The van der Waals surface area contributed by atoms with Crippen LogP contribution >= 0.6 is 0 Å². The van der Waals surface area contributed by atoms with Crippen LogP contribution in [-0.4, -0.2) is 46.1 Å². The Hall–Kier alpha value is -1.31. The molecule has 1 unspecified atom stereocenters. The van der Waals surface area contributed by atoms with Gasteiger partial charge in [-0.25, -0.2) is 4.72 Å². The third-order valence-corrected chi connectivity index (χ3v) is 6.29. The molecule has 1 aromatic carbocycles. The maximum Gasteiger partial charge on any atom is 0.279 e. The van der Waals surface area contributed by atoms with Crippen LogP contribution in [0.15, 0.2) is 18.2 Å². The third-order valence-electron chi connectivity index (χ3n) is 4.72. The number of nitrogens with zero attached hydrogens (tertiary/aromatic N) is 1. The summed E-state index contributed by atoms with van der Waals surface area (Å²) in [6.45, 7) is 2.17. The maximum atomic E-state index is 12.5. The summed E-state index contributed by atoms with van der Waals surface area (Å²) in [7, 11) is -1.76. The van der Waals surface area contributed by atoms with E-state index in [1.54, 1.807) is 11.4 Å². The minimum Gasteiger partial charge on any atom is -0.497 e. The minimum absolute atomic E-state index is 0.146. The Bertz CT molecular complexity index is 655. The van der Waals surface area contributed by atoms with E-state index in [0.29, 0.717) is 26.2 Å². The third kappa shape index (κ3) is 4.20.